The highest BCUT2D eigenvalue weighted by Crippen LogP contribution is 2.40. The lowest BCUT2D eigenvalue weighted by atomic mass is 9.93. The number of carbonyl (C=O) groups is 2. The minimum atomic E-state index is -0.658. The third kappa shape index (κ3) is 5.68. The molecule has 0 radical (unpaired) electrons. The van der Waals surface area contributed by atoms with Gasteiger partial charge in [0.25, 0.3) is 11.7 Å². The van der Waals surface area contributed by atoms with Gasteiger partial charge in [0, 0.05) is 18.7 Å². The number of hydrogen-bond donors (Lipinski definition) is 1. The van der Waals surface area contributed by atoms with Crippen molar-refractivity contribution in [3.05, 3.63) is 70.3 Å². The van der Waals surface area contributed by atoms with Crippen molar-refractivity contribution in [2.24, 2.45) is 0 Å². The number of rotatable bonds is 10. The van der Waals surface area contributed by atoms with Crippen LogP contribution in [0.3, 0.4) is 0 Å². The highest BCUT2D eigenvalue weighted by atomic mass is 16.5. The van der Waals surface area contributed by atoms with E-state index >= 15 is 0 Å². The molecule has 34 heavy (non-hydrogen) atoms. The molecule has 6 heteroatoms. The van der Waals surface area contributed by atoms with Crippen molar-refractivity contribution in [3.8, 4) is 5.75 Å². The average Bonchev–Trinajstić information content (AvgIpc) is 3.06. The van der Waals surface area contributed by atoms with Crippen molar-refractivity contribution in [2.75, 3.05) is 33.8 Å². The number of likely N-dealkylation sites (tertiary alicyclic amines) is 1. The molecule has 1 N–H and O–H groups in total. The maximum Gasteiger partial charge on any atom is 0.295 e. The molecule has 0 saturated carbocycles. The molecule has 3 rings (SSSR count). The fourth-order valence-corrected chi connectivity index (χ4v) is 4.19. The highest BCUT2D eigenvalue weighted by Gasteiger charge is 2.46. The zero-order valence-corrected chi connectivity index (χ0v) is 20.9. The van der Waals surface area contributed by atoms with Crippen molar-refractivity contribution in [1.29, 1.82) is 0 Å². The number of aryl methyl sites for hydroxylation is 2. The zero-order chi connectivity index (χ0) is 24.8. The van der Waals surface area contributed by atoms with Crippen LogP contribution in [0.25, 0.3) is 5.76 Å². The smallest absolute Gasteiger partial charge is 0.295 e. The number of ether oxygens (including phenoxy) is 1. The lowest BCUT2D eigenvalue weighted by Gasteiger charge is -2.27. The Bertz CT molecular complexity index is 1060. The van der Waals surface area contributed by atoms with Crippen LogP contribution in [0.2, 0.25) is 0 Å². The number of amides is 1. The molecular formula is C28H36N2O4. The van der Waals surface area contributed by atoms with E-state index in [-0.39, 0.29) is 11.3 Å². The second-order valence-electron chi connectivity index (χ2n) is 9.24. The van der Waals surface area contributed by atoms with Crippen LogP contribution in [0.15, 0.2) is 48.0 Å². The topological polar surface area (TPSA) is 70.1 Å². The predicted octanol–water partition coefficient (Wildman–Crippen LogP) is 4.86. The molecule has 0 spiro atoms. The highest BCUT2D eigenvalue weighted by molar-refractivity contribution is 6.46. The number of ketones is 1. The Labute approximate surface area is 202 Å². The lowest BCUT2D eigenvalue weighted by molar-refractivity contribution is -0.140. The second kappa shape index (κ2) is 11.3. The third-order valence-corrected chi connectivity index (χ3v) is 6.19. The van der Waals surface area contributed by atoms with Gasteiger partial charge < -0.3 is 19.6 Å². The summed E-state index contributed by atoms with van der Waals surface area (Å²) in [6.07, 6.45) is 3.25. The molecule has 0 bridgehead atoms. The number of unbranched alkanes of at least 4 members (excludes halogenated alkanes) is 2. The Hall–Kier alpha value is -3.12. The van der Waals surface area contributed by atoms with Crippen LogP contribution in [0.1, 0.15) is 54.5 Å². The molecule has 1 unspecified atom stereocenters. The summed E-state index contributed by atoms with van der Waals surface area (Å²) in [5.74, 6) is -0.614. The number of hydrogen-bond acceptors (Lipinski definition) is 5. The SMILES string of the molecule is CCCCCOc1ccc(C2C(=C(O)c3cc(C)ccc3C)C(=O)C(=O)N2CCN(C)C)cc1. The summed E-state index contributed by atoms with van der Waals surface area (Å²) in [5, 5.41) is 11.3. The molecule has 2 aromatic rings. The normalized spacial score (nSPS) is 17.6. The summed E-state index contributed by atoms with van der Waals surface area (Å²) in [6, 6.07) is 12.5. The molecule has 2 aromatic carbocycles. The summed E-state index contributed by atoms with van der Waals surface area (Å²) in [6.45, 7) is 7.60. The summed E-state index contributed by atoms with van der Waals surface area (Å²) in [4.78, 5) is 29.8. The second-order valence-corrected chi connectivity index (χ2v) is 9.24. The number of aliphatic hydroxyl groups excluding tert-OH is 1. The maximum absolute atomic E-state index is 13.2. The van der Waals surface area contributed by atoms with Crippen molar-refractivity contribution >= 4 is 17.4 Å². The van der Waals surface area contributed by atoms with Crippen LogP contribution in [0.4, 0.5) is 0 Å². The largest absolute Gasteiger partial charge is 0.507 e. The summed E-state index contributed by atoms with van der Waals surface area (Å²) in [5.41, 5.74) is 3.29. The monoisotopic (exact) mass is 464 g/mol. The van der Waals surface area contributed by atoms with E-state index in [4.69, 9.17) is 4.74 Å². The zero-order valence-electron chi connectivity index (χ0n) is 20.9. The number of likely N-dealkylation sites (N-methyl/N-ethyl adjacent to an activating group) is 1. The van der Waals surface area contributed by atoms with Gasteiger partial charge in [-0.1, -0.05) is 49.6 Å². The quantitative estimate of drug-likeness (QED) is 0.235. The Morgan fingerprint density at radius 3 is 2.41 bits per heavy atom. The number of nitrogens with zero attached hydrogens (tertiary/aromatic N) is 2. The van der Waals surface area contributed by atoms with E-state index in [9.17, 15) is 14.7 Å². The van der Waals surface area contributed by atoms with Crippen molar-refractivity contribution in [3.63, 3.8) is 0 Å². The minimum absolute atomic E-state index is 0.128. The van der Waals surface area contributed by atoms with Crippen LogP contribution in [-0.4, -0.2) is 60.4 Å². The molecule has 1 saturated heterocycles. The third-order valence-electron chi connectivity index (χ3n) is 6.19. The Morgan fingerprint density at radius 2 is 1.76 bits per heavy atom. The minimum Gasteiger partial charge on any atom is -0.507 e. The molecule has 1 amide bonds. The van der Waals surface area contributed by atoms with E-state index in [1.165, 1.54) is 0 Å². The van der Waals surface area contributed by atoms with Crippen molar-refractivity contribution < 1.29 is 19.4 Å². The number of benzene rings is 2. The molecule has 0 aromatic heterocycles. The summed E-state index contributed by atoms with van der Waals surface area (Å²) >= 11 is 0. The van der Waals surface area contributed by atoms with Gasteiger partial charge in [-0.15, -0.1) is 0 Å². The molecule has 6 nitrogen and oxygen atoms in total. The van der Waals surface area contributed by atoms with Crippen LogP contribution >= 0.6 is 0 Å². The van der Waals surface area contributed by atoms with E-state index < -0.39 is 17.7 Å². The van der Waals surface area contributed by atoms with Gasteiger partial charge in [-0.05, 0) is 63.7 Å². The lowest BCUT2D eigenvalue weighted by Crippen LogP contribution is -2.35. The molecule has 1 aliphatic rings. The van der Waals surface area contributed by atoms with Crippen molar-refractivity contribution in [1.82, 2.24) is 9.80 Å². The first kappa shape index (κ1) is 25.5. The van der Waals surface area contributed by atoms with E-state index in [0.29, 0.717) is 25.3 Å². The van der Waals surface area contributed by atoms with Crippen LogP contribution in [-0.2, 0) is 9.59 Å². The number of Topliss-reactive ketones (excluding diaryl/α,β-unsaturated/α-hetero) is 1. The van der Waals surface area contributed by atoms with Gasteiger partial charge in [0.1, 0.15) is 11.5 Å². The van der Waals surface area contributed by atoms with Crippen LogP contribution < -0.4 is 4.74 Å². The molecule has 1 atom stereocenters. The fourth-order valence-electron chi connectivity index (χ4n) is 4.19. The first-order valence-corrected chi connectivity index (χ1v) is 12.0. The van der Waals surface area contributed by atoms with Gasteiger partial charge in [0.2, 0.25) is 0 Å². The van der Waals surface area contributed by atoms with E-state index in [1.54, 1.807) is 4.90 Å². The molecule has 1 heterocycles. The van der Waals surface area contributed by atoms with E-state index in [0.717, 1.165) is 41.7 Å². The predicted molar refractivity (Wildman–Crippen MR) is 135 cm³/mol. The number of carbonyl (C=O) groups excluding carboxylic acids is 2. The average molecular weight is 465 g/mol. The molecule has 1 fully saturated rings. The molecule has 0 aliphatic carbocycles. The first-order valence-electron chi connectivity index (χ1n) is 12.0. The molecular weight excluding hydrogens is 428 g/mol. The Morgan fingerprint density at radius 1 is 1.06 bits per heavy atom. The van der Waals surface area contributed by atoms with Gasteiger partial charge >= 0.3 is 0 Å². The Kier molecular flexibility index (Phi) is 8.51. The fraction of sp³-hybridized carbons (Fsp3) is 0.429. The number of aliphatic hydroxyl groups is 1. The van der Waals surface area contributed by atoms with Crippen LogP contribution in [0, 0.1) is 13.8 Å². The summed E-state index contributed by atoms with van der Waals surface area (Å²) in [7, 11) is 3.85. The van der Waals surface area contributed by atoms with Gasteiger partial charge in [-0.25, -0.2) is 0 Å². The Balaban J connectivity index is 2.02. The van der Waals surface area contributed by atoms with Crippen LogP contribution in [0.5, 0.6) is 5.75 Å². The summed E-state index contributed by atoms with van der Waals surface area (Å²) < 4.78 is 5.83. The van der Waals surface area contributed by atoms with E-state index in [2.05, 4.69) is 6.92 Å². The standard InChI is InChI=1S/C28H36N2O4/c1-6-7-8-17-34-22-13-11-21(12-14-22)25-24(26(31)23-18-19(2)9-10-20(23)3)27(32)28(33)30(25)16-15-29(4)5/h9-14,18,25,31H,6-8,15-17H2,1-5H3. The van der Waals surface area contributed by atoms with E-state index in [1.807, 2.05) is 75.3 Å². The van der Waals surface area contributed by atoms with Gasteiger partial charge in [-0.2, -0.15) is 0 Å². The van der Waals surface area contributed by atoms with Gasteiger partial charge in [-0.3, -0.25) is 9.59 Å². The van der Waals surface area contributed by atoms with Gasteiger partial charge in [0.15, 0.2) is 0 Å². The molecule has 182 valence electrons. The van der Waals surface area contributed by atoms with Crippen molar-refractivity contribution in [2.45, 2.75) is 46.1 Å². The van der Waals surface area contributed by atoms with Gasteiger partial charge in [0.05, 0.1) is 18.2 Å². The maximum atomic E-state index is 13.2. The molecule has 1 aliphatic heterocycles. The first-order chi connectivity index (χ1) is 16.2.